The fourth-order valence-corrected chi connectivity index (χ4v) is 1.95. The van der Waals surface area contributed by atoms with Crippen LogP contribution in [0.3, 0.4) is 0 Å². The number of rotatable bonds is 4. The molecule has 0 fully saturated rings. The number of hydrogen-bond donors (Lipinski definition) is 2. The highest BCUT2D eigenvalue weighted by atomic mass is 19.4. The Balaban J connectivity index is 2.19. The fourth-order valence-electron chi connectivity index (χ4n) is 1.95. The van der Waals surface area contributed by atoms with Crippen LogP contribution >= 0.6 is 0 Å². The standard InChI is InChI=1S/C17H13F3N4O/c1-11-5-4-8-15(23-11)22-10-12(9-21)16(25)24-14-7-3-2-6-13(14)17(18,19)20/h2-8,10H,1H3,(H,22,23)(H,24,25)/b12-10-. The Labute approximate surface area is 141 Å². The second-order valence-electron chi connectivity index (χ2n) is 4.98. The van der Waals surface area contributed by atoms with Crippen molar-refractivity contribution >= 4 is 17.4 Å². The van der Waals surface area contributed by atoms with Gasteiger partial charge in [0.1, 0.15) is 17.5 Å². The van der Waals surface area contributed by atoms with E-state index in [0.29, 0.717) is 5.82 Å². The predicted molar refractivity (Wildman–Crippen MR) is 86.4 cm³/mol. The lowest BCUT2D eigenvalue weighted by molar-refractivity contribution is -0.137. The van der Waals surface area contributed by atoms with Crippen molar-refractivity contribution in [3.8, 4) is 6.07 Å². The molecule has 2 aromatic rings. The Hall–Kier alpha value is -3.34. The minimum absolute atomic E-state index is 0.389. The number of alkyl halides is 3. The maximum absolute atomic E-state index is 12.9. The van der Waals surface area contributed by atoms with Crippen LogP contribution in [0.25, 0.3) is 0 Å². The van der Waals surface area contributed by atoms with Gasteiger partial charge in [0.2, 0.25) is 0 Å². The Kier molecular flexibility index (Phi) is 5.39. The number of benzene rings is 1. The quantitative estimate of drug-likeness (QED) is 0.651. The van der Waals surface area contributed by atoms with Crippen molar-refractivity contribution in [2.45, 2.75) is 13.1 Å². The number of nitriles is 1. The summed E-state index contributed by atoms with van der Waals surface area (Å²) in [7, 11) is 0. The highest BCUT2D eigenvalue weighted by Gasteiger charge is 2.33. The van der Waals surface area contributed by atoms with E-state index in [1.165, 1.54) is 12.1 Å². The summed E-state index contributed by atoms with van der Waals surface area (Å²) >= 11 is 0. The van der Waals surface area contributed by atoms with Crippen LogP contribution < -0.4 is 10.6 Å². The summed E-state index contributed by atoms with van der Waals surface area (Å²) in [4.78, 5) is 16.2. The SMILES string of the molecule is Cc1cccc(N/C=C(/C#N)C(=O)Nc2ccccc2C(F)(F)F)n1. The first-order valence-corrected chi connectivity index (χ1v) is 7.09. The molecular weight excluding hydrogens is 333 g/mol. The van der Waals surface area contributed by atoms with Crippen LogP contribution in [0.15, 0.2) is 54.2 Å². The molecule has 5 nitrogen and oxygen atoms in total. The van der Waals surface area contributed by atoms with Gasteiger partial charge in [-0.3, -0.25) is 4.79 Å². The minimum Gasteiger partial charge on any atom is -0.345 e. The van der Waals surface area contributed by atoms with Crippen LogP contribution in [-0.2, 0) is 11.0 Å². The molecule has 0 aliphatic carbocycles. The van der Waals surface area contributed by atoms with E-state index in [1.807, 2.05) is 0 Å². The average molecular weight is 346 g/mol. The van der Waals surface area contributed by atoms with E-state index in [9.17, 15) is 18.0 Å². The monoisotopic (exact) mass is 346 g/mol. The molecule has 1 aromatic carbocycles. The molecule has 0 saturated heterocycles. The predicted octanol–water partition coefficient (Wildman–Crippen LogP) is 3.87. The summed E-state index contributed by atoms with van der Waals surface area (Å²) in [5.41, 5.74) is -1.08. The lowest BCUT2D eigenvalue weighted by Gasteiger charge is -2.13. The van der Waals surface area contributed by atoms with E-state index in [4.69, 9.17) is 5.26 Å². The van der Waals surface area contributed by atoms with Crippen LogP contribution in [0.1, 0.15) is 11.3 Å². The average Bonchev–Trinajstić information content (AvgIpc) is 2.55. The van der Waals surface area contributed by atoms with Crippen LogP contribution in [0.4, 0.5) is 24.7 Å². The zero-order valence-corrected chi connectivity index (χ0v) is 13.1. The summed E-state index contributed by atoms with van der Waals surface area (Å²) in [6.45, 7) is 1.76. The van der Waals surface area contributed by atoms with Crippen molar-refractivity contribution in [3.63, 3.8) is 0 Å². The maximum Gasteiger partial charge on any atom is 0.418 e. The molecule has 2 rings (SSSR count). The summed E-state index contributed by atoms with van der Waals surface area (Å²) in [5, 5.41) is 13.8. The van der Waals surface area contributed by atoms with Crippen molar-refractivity contribution in [2.75, 3.05) is 10.6 Å². The number of aromatic nitrogens is 1. The molecule has 8 heteroatoms. The number of anilines is 2. The Morgan fingerprint density at radius 3 is 2.56 bits per heavy atom. The lowest BCUT2D eigenvalue weighted by Crippen LogP contribution is -2.18. The van der Waals surface area contributed by atoms with Crippen molar-refractivity contribution in [1.82, 2.24) is 4.98 Å². The first-order valence-electron chi connectivity index (χ1n) is 7.09. The lowest BCUT2D eigenvalue weighted by atomic mass is 10.1. The number of aryl methyl sites for hydroxylation is 1. The van der Waals surface area contributed by atoms with Gasteiger partial charge in [0.15, 0.2) is 0 Å². The van der Waals surface area contributed by atoms with Gasteiger partial charge in [0, 0.05) is 11.9 Å². The molecule has 0 saturated carbocycles. The van der Waals surface area contributed by atoms with E-state index in [2.05, 4.69) is 15.6 Å². The number of carbonyl (C=O) groups is 1. The minimum atomic E-state index is -4.62. The van der Waals surface area contributed by atoms with Gasteiger partial charge in [-0.15, -0.1) is 0 Å². The smallest absolute Gasteiger partial charge is 0.345 e. The normalized spacial score (nSPS) is 11.6. The second-order valence-corrected chi connectivity index (χ2v) is 4.98. The number of halogens is 3. The zero-order valence-electron chi connectivity index (χ0n) is 13.1. The molecule has 128 valence electrons. The van der Waals surface area contributed by atoms with E-state index < -0.39 is 23.3 Å². The van der Waals surface area contributed by atoms with Crippen LogP contribution in [0.2, 0.25) is 0 Å². The van der Waals surface area contributed by atoms with Gasteiger partial charge >= 0.3 is 6.18 Å². The Morgan fingerprint density at radius 2 is 1.92 bits per heavy atom. The number of nitrogens with zero attached hydrogens (tertiary/aromatic N) is 2. The third-order valence-corrected chi connectivity index (χ3v) is 3.10. The first kappa shape index (κ1) is 18.0. The van der Waals surface area contributed by atoms with Crippen molar-refractivity contribution in [1.29, 1.82) is 5.26 Å². The van der Waals surface area contributed by atoms with Gasteiger partial charge in [0.05, 0.1) is 11.3 Å². The van der Waals surface area contributed by atoms with Gasteiger partial charge in [-0.05, 0) is 31.2 Å². The number of para-hydroxylation sites is 1. The van der Waals surface area contributed by atoms with Crippen molar-refractivity contribution in [2.24, 2.45) is 0 Å². The van der Waals surface area contributed by atoms with Gasteiger partial charge in [-0.25, -0.2) is 4.98 Å². The summed E-state index contributed by atoms with van der Waals surface area (Å²) in [6.07, 6.45) is -3.53. The van der Waals surface area contributed by atoms with Crippen LogP contribution in [-0.4, -0.2) is 10.9 Å². The van der Waals surface area contributed by atoms with E-state index in [-0.39, 0.29) is 5.57 Å². The van der Waals surface area contributed by atoms with E-state index in [1.54, 1.807) is 31.2 Å². The molecule has 1 aromatic heterocycles. The first-order chi connectivity index (χ1) is 11.8. The largest absolute Gasteiger partial charge is 0.418 e. The van der Waals surface area contributed by atoms with Crippen LogP contribution in [0.5, 0.6) is 0 Å². The molecule has 0 atom stereocenters. The third kappa shape index (κ3) is 4.81. The maximum atomic E-state index is 12.9. The number of hydrogen-bond acceptors (Lipinski definition) is 4. The summed E-state index contributed by atoms with van der Waals surface area (Å²) < 4.78 is 38.8. The van der Waals surface area contributed by atoms with Crippen molar-refractivity contribution in [3.05, 3.63) is 65.5 Å². The van der Waals surface area contributed by atoms with Gasteiger partial charge in [-0.1, -0.05) is 18.2 Å². The molecule has 2 N–H and O–H groups in total. The van der Waals surface area contributed by atoms with Gasteiger partial charge in [0.25, 0.3) is 5.91 Å². The third-order valence-electron chi connectivity index (χ3n) is 3.10. The molecule has 25 heavy (non-hydrogen) atoms. The van der Waals surface area contributed by atoms with Gasteiger partial charge < -0.3 is 10.6 Å². The topological polar surface area (TPSA) is 77.8 Å². The molecule has 0 spiro atoms. The highest BCUT2D eigenvalue weighted by Crippen LogP contribution is 2.34. The molecular formula is C17H13F3N4O. The number of pyridine rings is 1. The number of carbonyl (C=O) groups excluding carboxylic acids is 1. The Morgan fingerprint density at radius 1 is 1.20 bits per heavy atom. The molecule has 0 aliphatic rings. The Bertz CT molecular complexity index is 853. The van der Waals surface area contributed by atoms with E-state index in [0.717, 1.165) is 24.0 Å². The second kappa shape index (κ2) is 7.49. The molecule has 1 heterocycles. The molecule has 1 amide bonds. The number of nitrogens with one attached hydrogen (secondary N) is 2. The zero-order chi connectivity index (χ0) is 18.4. The molecule has 0 unspecified atom stereocenters. The molecule has 0 bridgehead atoms. The molecule has 0 radical (unpaired) electrons. The summed E-state index contributed by atoms with van der Waals surface area (Å²) in [5.74, 6) is -0.560. The van der Waals surface area contributed by atoms with Gasteiger partial charge in [-0.2, -0.15) is 18.4 Å². The van der Waals surface area contributed by atoms with Crippen LogP contribution in [0, 0.1) is 18.3 Å². The fraction of sp³-hybridized carbons (Fsp3) is 0.118. The highest BCUT2D eigenvalue weighted by molar-refractivity contribution is 6.07. The molecule has 0 aliphatic heterocycles. The summed E-state index contributed by atoms with van der Waals surface area (Å²) in [6, 6.07) is 11.3. The van der Waals surface area contributed by atoms with E-state index >= 15 is 0 Å². The van der Waals surface area contributed by atoms with Crippen molar-refractivity contribution < 1.29 is 18.0 Å². The number of amides is 1.